The summed E-state index contributed by atoms with van der Waals surface area (Å²) < 4.78 is 23.7. The van der Waals surface area contributed by atoms with Crippen LogP contribution in [0.3, 0.4) is 0 Å². The van der Waals surface area contributed by atoms with E-state index in [1.165, 1.54) is 12.1 Å². The molecule has 1 heterocycles. The van der Waals surface area contributed by atoms with E-state index in [0.29, 0.717) is 13.1 Å². The number of nitrogens with one attached hydrogen (secondary N) is 1. The van der Waals surface area contributed by atoms with Crippen molar-refractivity contribution in [3.05, 3.63) is 24.3 Å². The lowest BCUT2D eigenvalue weighted by molar-refractivity contribution is 0.452. The molecule has 2 N–H and O–H groups in total. The van der Waals surface area contributed by atoms with E-state index in [1.807, 2.05) is 0 Å². The lowest BCUT2D eigenvalue weighted by Gasteiger charge is -2.26. The number of sulfone groups is 1. The molecule has 14 heavy (non-hydrogen) atoms. The molecule has 5 heteroatoms. The zero-order valence-electron chi connectivity index (χ0n) is 7.47. The van der Waals surface area contributed by atoms with Crippen molar-refractivity contribution in [2.45, 2.75) is 10.1 Å². The molecule has 0 saturated carbocycles. The van der Waals surface area contributed by atoms with Gasteiger partial charge in [0.2, 0.25) is 0 Å². The van der Waals surface area contributed by atoms with Gasteiger partial charge in [0.1, 0.15) is 10.6 Å². The van der Waals surface area contributed by atoms with Gasteiger partial charge in [-0.15, -0.1) is 0 Å². The summed E-state index contributed by atoms with van der Waals surface area (Å²) >= 11 is 0. The van der Waals surface area contributed by atoms with Crippen LogP contribution in [-0.4, -0.2) is 31.9 Å². The number of hydrogen-bond acceptors (Lipinski definition) is 4. The van der Waals surface area contributed by atoms with Crippen molar-refractivity contribution in [2.24, 2.45) is 0 Å². The third kappa shape index (κ3) is 1.38. The van der Waals surface area contributed by atoms with Crippen LogP contribution in [-0.2, 0) is 9.84 Å². The van der Waals surface area contributed by atoms with Gasteiger partial charge in [-0.05, 0) is 12.1 Å². The van der Waals surface area contributed by atoms with Gasteiger partial charge in [-0.1, -0.05) is 12.1 Å². The number of phenolic OH excluding ortho intramolecular Hbond substituents is 1. The first-order valence-corrected chi connectivity index (χ1v) is 5.89. The number of phenols is 1. The second kappa shape index (κ2) is 3.25. The van der Waals surface area contributed by atoms with E-state index in [1.54, 1.807) is 12.1 Å². The molecule has 0 aromatic heterocycles. The van der Waals surface area contributed by atoms with Crippen LogP contribution >= 0.6 is 0 Å². The van der Waals surface area contributed by atoms with Crippen molar-refractivity contribution in [1.29, 1.82) is 0 Å². The van der Waals surface area contributed by atoms with E-state index in [9.17, 15) is 13.5 Å². The van der Waals surface area contributed by atoms with Crippen molar-refractivity contribution in [3.63, 3.8) is 0 Å². The second-order valence-corrected chi connectivity index (χ2v) is 5.49. The van der Waals surface area contributed by atoms with Crippen LogP contribution in [0.4, 0.5) is 0 Å². The van der Waals surface area contributed by atoms with E-state index in [-0.39, 0.29) is 10.6 Å². The molecule has 4 nitrogen and oxygen atoms in total. The fourth-order valence-corrected chi connectivity index (χ4v) is 3.02. The maximum absolute atomic E-state index is 11.8. The smallest absolute Gasteiger partial charge is 0.187 e. The molecule has 0 unspecified atom stereocenters. The van der Waals surface area contributed by atoms with Crippen molar-refractivity contribution in [2.75, 3.05) is 13.1 Å². The first-order valence-electron chi connectivity index (χ1n) is 4.35. The Bertz CT molecular complexity index is 437. The molecule has 0 amide bonds. The van der Waals surface area contributed by atoms with Crippen molar-refractivity contribution < 1.29 is 13.5 Å². The molecule has 1 aliphatic rings. The van der Waals surface area contributed by atoms with Gasteiger partial charge < -0.3 is 10.4 Å². The average molecular weight is 213 g/mol. The van der Waals surface area contributed by atoms with E-state index < -0.39 is 15.1 Å². The van der Waals surface area contributed by atoms with Crippen LogP contribution in [0.5, 0.6) is 5.75 Å². The van der Waals surface area contributed by atoms with E-state index >= 15 is 0 Å². The van der Waals surface area contributed by atoms with Crippen LogP contribution < -0.4 is 5.32 Å². The molecule has 1 aromatic rings. The zero-order chi connectivity index (χ0) is 10.2. The van der Waals surface area contributed by atoms with Gasteiger partial charge in [-0.3, -0.25) is 0 Å². The van der Waals surface area contributed by atoms with Gasteiger partial charge in [-0.2, -0.15) is 0 Å². The molecule has 0 atom stereocenters. The summed E-state index contributed by atoms with van der Waals surface area (Å²) in [4.78, 5) is 0.0338. The van der Waals surface area contributed by atoms with E-state index in [4.69, 9.17) is 0 Å². The predicted octanol–water partition coefficient (Wildman–Crippen LogP) is 0.138. The minimum absolute atomic E-state index is 0.0338. The summed E-state index contributed by atoms with van der Waals surface area (Å²) in [6, 6.07) is 6.04. The van der Waals surface area contributed by atoms with Gasteiger partial charge in [0, 0.05) is 13.1 Å². The highest BCUT2D eigenvalue weighted by Crippen LogP contribution is 2.26. The molecule has 0 bridgehead atoms. The lowest BCUT2D eigenvalue weighted by Crippen LogP contribution is -2.51. The lowest BCUT2D eigenvalue weighted by atomic mass is 10.3. The summed E-state index contributed by atoms with van der Waals surface area (Å²) in [6.45, 7) is 0.938. The highest BCUT2D eigenvalue weighted by molar-refractivity contribution is 7.92. The Morgan fingerprint density at radius 3 is 2.43 bits per heavy atom. The number of benzene rings is 1. The molecular formula is C9H11NO3S. The normalized spacial score (nSPS) is 17.7. The Hall–Kier alpha value is -1.07. The summed E-state index contributed by atoms with van der Waals surface area (Å²) in [5.41, 5.74) is 0. The van der Waals surface area contributed by atoms with Gasteiger partial charge in [0.05, 0.1) is 5.25 Å². The number of rotatable bonds is 2. The number of para-hydroxylation sites is 1. The van der Waals surface area contributed by atoms with E-state index in [2.05, 4.69) is 5.32 Å². The maximum Gasteiger partial charge on any atom is 0.187 e. The summed E-state index contributed by atoms with van der Waals surface area (Å²) in [7, 11) is -3.35. The van der Waals surface area contributed by atoms with Gasteiger partial charge in [0.25, 0.3) is 0 Å². The third-order valence-electron chi connectivity index (χ3n) is 2.35. The summed E-state index contributed by atoms with van der Waals surface area (Å²) in [6.07, 6.45) is 0. The number of aromatic hydroxyl groups is 1. The quantitative estimate of drug-likeness (QED) is 0.733. The van der Waals surface area contributed by atoms with Gasteiger partial charge in [-0.25, -0.2) is 8.42 Å². The molecule has 1 aromatic carbocycles. The summed E-state index contributed by atoms with van der Waals surface area (Å²) in [5.74, 6) is -0.167. The Kier molecular flexibility index (Phi) is 2.20. The van der Waals surface area contributed by atoms with Crippen LogP contribution in [0, 0.1) is 0 Å². The topological polar surface area (TPSA) is 66.4 Å². The largest absolute Gasteiger partial charge is 0.507 e. The molecule has 0 spiro atoms. The SMILES string of the molecule is O=S(=O)(c1ccccc1O)C1CNC1. The van der Waals surface area contributed by atoms with Crippen LogP contribution in [0.1, 0.15) is 0 Å². The third-order valence-corrected chi connectivity index (χ3v) is 4.52. The van der Waals surface area contributed by atoms with Gasteiger partial charge >= 0.3 is 0 Å². The Labute approximate surface area is 82.5 Å². The molecular weight excluding hydrogens is 202 g/mol. The molecule has 76 valence electrons. The van der Waals surface area contributed by atoms with E-state index in [0.717, 1.165) is 0 Å². The van der Waals surface area contributed by atoms with Crippen LogP contribution in [0.25, 0.3) is 0 Å². The first-order chi connectivity index (χ1) is 6.62. The fourth-order valence-electron chi connectivity index (χ4n) is 1.36. The molecule has 1 fully saturated rings. The standard InChI is InChI=1S/C9H11NO3S/c11-8-3-1-2-4-9(8)14(12,13)7-5-10-6-7/h1-4,7,10-11H,5-6H2. The fraction of sp³-hybridized carbons (Fsp3) is 0.333. The monoisotopic (exact) mass is 213 g/mol. The van der Waals surface area contributed by atoms with Crippen molar-refractivity contribution in [1.82, 2.24) is 5.32 Å². The first kappa shape index (κ1) is 9.48. The zero-order valence-corrected chi connectivity index (χ0v) is 8.29. The molecule has 1 saturated heterocycles. The Morgan fingerprint density at radius 2 is 1.93 bits per heavy atom. The summed E-state index contributed by atoms with van der Waals surface area (Å²) in [5, 5.41) is 11.9. The molecule has 2 rings (SSSR count). The molecule has 0 aliphatic carbocycles. The van der Waals surface area contributed by atoms with Crippen molar-refractivity contribution in [3.8, 4) is 5.75 Å². The highest BCUT2D eigenvalue weighted by Gasteiger charge is 2.33. The minimum Gasteiger partial charge on any atom is -0.507 e. The van der Waals surface area contributed by atoms with Crippen LogP contribution in [0.15, 0.2) is 29.2 Å². The highest BCUT2D eigenvalue weighted by atomic mass is 32.2. The minimum atomic E-state index is -3.35. The molecule has 1 aliphatic heterocycles. The number of hydrogen-bond donors (Lipinski definition) is 2. The predicted molar refractivity (Wildman–Crippen MR) is 52.0 cm³/mol. The Balaban J connectivity index is 2.43. The average Bonchev–Trinajstić information content (AvgIpc) is 2.00. The van der Waals surface area contributed by atoms with Crippen molar-refractivity contribution >= 4 is 9.84 Å². The van der Waals surface area contributed by atoms with Gasteiger partial charge in [0.15, 0.2) is 9.84 Å². The molecule has 0 radical (unpaired) electrons. The Morgan fingerprint density at radius 1 is 1.29 bits per heavy atom. The maximum atomic E-state index is 11.8. The van der Waals surface area contributed by atoms with Crippen LogP contribution in [0.2, 0.25) is 0 Å². The second-order valence-electron chi connectivity index (χ2n) is 3.29.